The van der Waals surface area contributed by atoms with Crippen molar-refractivity contribution in [3.05, 3.63) is 21.9 Å². The Balaban J connectivity index is 1.50. The summed E-state index contributed by atoms with van der Waals surface area (Å²) in [5.41, 5.74) is 3.27. The zero-order chi connectivity index (χ0) is 21.6. The van der Waals surface area contributed by atoms with Crippen LogP contribution in [0.3, 0.4) is 0 Å². The van der Waals surface area contributed by atoms with Crippen LogP contribution in [0.1, 0.15) is 76.3 Å². The number of unbranched alkanes of at least 4 members (excludes halogenated alkanes) is 6. The van der Waals surface area contributed by atoms with E-state index in [0.717, 1.165) is 0 Å². The maximum Gasteiger partial charge on any atom is 0.119 e. The second kappa shape index (κ2) is 9.06. The average molecular weight is 503 g/mol. The van der Waals surface area contributed by atoms with E-state index in [4.69, 9.17) is 0 Å². The van der Waals surface area contributed by atoms with Crippen LogP contribution in [0.4, 0.5) is 0 Å². The third-order valence-electron chi connectivity index (χ3n) is 7.01. The molecule has 0 saturated carbocycles. The highest BCUT2D eigenvalue weighted by molar-refractivity contribution is 7.41. The lowest BCUT2D eigenvalue weighted by Gasteiger charge is -2.17. The lowest BCUT2D eigenvalue weighted by atomic mass is 10.1. The highest BCUT2D eigenvalue weighted by Crippen LogP contribution is 2.49. The molecule has 0 atom stereocenters. The number of fused-ring (bicyclic) bond motifs is 7. The van der Waals surface area contributed by atoms with Crippen molar-refractivity contribution in [1.82, 2.24) is 0 Å². The molecule has 31 heavy (non-hydrogen) atoms. The number of thiophene rings is 4. The van der Waals surface area contributed by atoms with Gasteiger partial charge in [0.2, 0.25) is 0 Å². The molecular weight excluding hydrogens is 469 g/mol. The van der Waals surface area contributed by atoms with E-state index in [-0.39, 0.29) is 0 Å². The molecule has 5 rings (SSSR count). The van der Waals surface area contributed by atoms with Gasteiger partial charge >= 0.3 is 0 Å². The largest absolute Gasteiger partial charge is 0.143 e. The fraction of sp³-hybridized carbons (Fsp3) is 0.538. The normalized spacial score (nSPS) is 14.7. The Hall–Kier alpha value is -0.463. The molecule has 5 heterocycles. The van der Waals surface area contributed by atoms with Gasteiger partial charge in [-0.05, 0) is 57.9 Å². The van der Waals surface area contributed by atoms with Crippen molar-refractivity contribution < 1.29 is 0 Å². The van der Waals surface area contributed by atoms with Crippen LogP contribution in [0.5, 0.6) is 0 Å². The van der Waals surface area contributed by atoms with E-state index in [9.17, 15) is 0 Å². The van der Waals surface area contributed by atoms with E-state index in [1.807, 2.05) is 22.7 Å². The molecule has 0 radical (unpaired) electrons. The molecule has 166 valence electrons. The standard InChI is InChI=1S/C26H34S4Si/c1-5-7-9-11-13-17-15-27-21-19(17)29-23-24-26(31(3,4)25(21)23)22-20(30-24)18(16-28-22)14-12-10-8-6-2/h15-16H,5-14H2,1-4H3. The number of hydrogen-bond acceptors (Lipinski definition) is 4. The van der Waals surface area contributed by atoms with Gasteiger partial charge in [0.25, 0.3) is 0 Å². The Labute approximate surface area is 204 Å². The summed E-state index contributed by atoms with van der Waals surface area (Å²) >= 11 is 8.37. The van der Waals surface area contributed by atoms with E-state index in [2.05, 4.69) is 60.4 Å². The fourth-order valence-electron chi connectivity index (χ4n) is 5.26. The molecule has 0 saturated heterocycles. The number of rotatable bonds is 10. The van der Waals surface area contributed by atoms with Gasteiger partial charge in [-0.15, -0.1) is 45.3 Å². The zero-order valence-corrected chi connectivity index (χ0v) is 23.6. The quantitative estimate of drug-likeness (QED) is 0.150. The van der Waals surface area contributed by atoms with Crippen molar-refractivity contribution in [2.45, 2.75) is 91.1 Å². The molecule has 4 aromatic heterocycles. The molecule has 0 unspecified atom stereocenters. The van der Waals surface area contributed by atoms with Gasteiger partial charge in [0.15, 0.2) is 0 Å². The lowest BCUT2D eigenvalue weighted by molar-refractivity contribution is 0.669. The molecular formula is C26H34S4Si. The lowest BCUT2D eigenvalue weighted by Crippen LogP contribution is -2.48. The second-order valence-corrected chi connectivity index (χ2v) is 17.7. The van der Waals surface area contributed by atoms with Crippen LogP contribution >= 0.6 is 45.3 Å². The topological polar surface area (TPSA) is 0 Å². The predicted molar refractivity (Wildman–Crippen MR) is 151 cm³/mol. The van der Waals surface area contributed by atoms with E-state index in [0.29, 0.717) is 0 Å². The number of hydrogen-bond donors (Lipinski definition) is 0. The molecule has 1 aliphatic rings. The fourth-order valence-corrected chi connectivity index (χ4v) is 17.5. The monoisotopic (exact) mass is 502 g/mol. The molecule has 0 fully saturated rings. The van der Waals surface area contributed by atoms with Gasteiger partial charge in [-0.2, -0.15) is 0 Å². The summed E-state index contributed by atoms with van der Waals surface area (Å²) in [7, 11) is -1.63. The van der Waals surface area contributed by atoms with Crippen LogP contribution in [0.2, 0.25) is 13.1 Å². The van der Waals surface area contributed by atoms with Gasteiger partial charge in [0.1, 0.15) is 8.07 Å². The van der Waals surface area contributed by atoms with E-state index in [1.165, 1.54) is 64.2 Å². The van der Waals surface area contributed by atoms with Crippen LogP contribution in [0.25, 0.3) is 28.6 Å². The van der Waals surface area contributed by atoms with Crippen LogP contribution < -0.4 is 10.4 Å². The highest BCUT2D eigenvalue weighted by Gasteiger charge is 2.44. The number of aryl methyl sites for hydroxylation is 2. The van der Waals surface area contributed by atoms with E-state index in [1.54, 1.807) is 50.1 Å². The molecule has 0 spiro atoms. The highest BCUT2D eigenvalue weighted by atomic mass is 32.1. The first-order valence-electron chi connectivity index (χ1n) is 12.1. The molecule has 5 heteroatoms. The minimum Gasteiger partial charge on any atom is -0.143 e. The first-order chi connectivity index (χ1) is 15.1. The zero-order valence-electron chi connectivity index (χ0n) is 19.4. The molecule has 0 bridgehead atoms. The summed E-state index contributed by atoms with van der Waals surface area (Å²) in [6.07, 6.45) is 13.4. The van der Waals surface area contributed by atoms with Gasteiger partial charge < -0.3 is 0 Å². The van der Waals surface area contributed by atoms with Crippen molar-refractivity contribution in [1.29, 1.82) is 0 Å². The van der Waals surface area contributed by atoms with Gasteiger partial charge in [0.05, 0.1) is 0 Å². The van der Waals surface area contributed by atoms with Gasteiger partial charge in [-0.1, -0.05) is 65.5 Å². The molecule has 0 nitrogen and oxygen atoms in total. The Morgan fingerprint density at radius 2 is 1.06 bits per heavy atom. The Morgan fingerprint density at radius 1 is 0.613 bits per heavy atom. The first-order valence-corrected chi connectivity index (χ1v) is 18.5. The summed E-state index contributed by atoms with van der Waals surface area (Å²) in [5.74, 6) is 0. The molecule has 0 amide bonds. The van der Waals surface area contributed by atoms with Crippen LogP contribution in [-0.4, -0.2) is 8.07 Å². The van der Waals surface area contributed by atoms with Crippen molar-refractivity contribution in [3.63, 3.8) is 0 Å². The van der Waals surface area contributed by atoms with Crippen LogP contribution in [0, 0.1) is 0 Å². The molecule has 4 aromatic rings. The van der Waals surface area contributed by atoms with Crippen LogP contribution in [0.15, 0.2) is 10.8 Å². The Bertz CT molecular complexity index is 1110. The summed E-state index contributed by atoms with van der Waals surface area (Å²) in [6.45, 7) is 9.85. The summed E-state index contributed by atoms with van der Waals surface area (Å²) in [5, 5.41) is 8.52. The second-order valence-electron chi connectivity index (χ2n) is 9.70. The molecule has 0 aliphatic carbocycles. The van der Waals surface area contributed by atoms with E-state index >= 15 is 0 Å². The molecule has 0 aromatic carbocycles. The SMILES string of the molecule is CCCCCCc1csc2c3c(sc12)-c1sc2c(CCCCCC)csc2c1[Si]3(C)C. The third-order valence-corrected chi connectivity index (χ3v) is 16.3. The minimum atomic E-state index is -1.63. The van der Waals surface area contributed by atoms with Crippen molar-refractivity contribution >= 4 is 82.6 Å². The first kappa shape index (κ1) is 22.3. The third kappa shape index (κ3) is 3.73. The Kier molecular flexibility index (Phi) is 6.52. The average Bonchev–Trinajstić information content (AvgIpc) is 3.50. The van der Waals surface area contributed by atoms with Gasteiger partial charge in [-0.3, -0.25) is 0 Å². The smallest absolute Gasteiger partial charge is 0.119 e. The van der Waals surface area contributed by atoms with Crippen molar-refractivity contribution in [2.24, 2.45) is 0 Å². The molecule has 0 N–H and O–H groups in total. The van der Waals surface area contributed by atoms with Crippen molar-refractivity contribution in [3.8, 4) is 9.75 Å². The van der Waals surface area contributed by atoms with Gasteiger partial charge in [0, 0.05) is 28.6 Å². The predicted octanol–water partition coefficient (Wildman–Crippen LogP) is 9.29. The molecule has 1 aliphatic heterocycles. The maximum absolute atomic E-state index is 2.62. The minimum absolute atomic E-state index is 1.27. The maximum atomic E-state index is 2.62. The summed E-state index contributed by atoms with van der Waals surface area (Å²) in [6, 6.07) is 0. The summed E-state index contributed by atoms with van der Waals surface area (Å²) < 4.78 is 6.56. The van der Waals surface area contributed by atoms with E-state index < -0.39 is 8.07 Å². The van der Waals surface area contributed by atoms with Crippen LogP contribution in [-0.2, 0) is 12.8 Å². The Morgan fingerprint density at radius 3 is 1.48 bits per heavy atom. The van der Waals surface area contributed by atoms with Gasteiger partial charge in [-0.25, -0.2) is 0 Å². The summed E-state index contributed by atoms with van der Waals surface area (Å²) in [4.78, 5) is 3.32. The van der Waals surface area contributed by atoms with Crippen molar-refractivity contribution in [2.75, 3.05) is 0 Å².